The molecular formula is C43H28N4. The van der Waals surface area contributed by atoms with Gasteiger partial charge in [-0.25, -0.2) is 4.98 Å². The van der Waals surface area contributed by atoms with Crippen molar-refractivity contribution in [2.24, 2.45) is 0 Å². The Morgan fingerprint density at radius 1 is 0.319 bits per heavy atom. The van der Waals surface area contributed by atoms with Crippen LogP contribution in [0.2, 0.25) is 0 Å². The van der Waals surface area contributed by atoms with Crippen LogP contribution in [-0.4, -0.2) is 18.7 Å². The van der Waals surface area contributed by atoms with E-state index in [9.17, 15) is 0 Å². The van der Waals surface area contributed by atoms with Crippen LogP contribution in [0.5, 0.6) is 0 Å². The van der Waals surface area contributed by atoms with Gasteiger partial charge in [0.05, 0.1) is 33.1 Å². The average molecular weight is 601 g/mol. The first kappa shape index (κ1) is 25.9. The van der Waals surface area contributed by atoms with Crippen LogP contribution >= 0.6 is 0 Å². The maximum atomic E-state index is 5.17. The smallest absolute Gasteiger partial charge is 0.145 e. The van der Waals surface area contributed by atoms with E-state index in [4.69, 9.17) is 4.98 Å². The van der Waals surface area contributed by atoms with Crippen molar-refractivity contribution in [2.45, 2.75) is 0 Å². The molecule has 0 N–H and O–H groups in total. The predicted molar refractivity (Wildman–Crippen MR) is 195 cm³/mol. The first-order chi connectivity index (χ1) is 23.3. The van der Waals surface area contributed by atoms with Crippen molar-refractivity contribution in [1.29, 1.82) is 0 Å². The van der Waals surface area contributed by atoms with Gasteiger partial charge in [-0.3, -0.25) is 4.57 Å². The van der Waals surface area contributed by atoms with E-state index in [1.54, 1.807) is 0 Å². The predicted octanol–water partition coefficient (Wildman–Crippen LogP) is 10.9. The number of hydrogen-bond acceptors (Lipinski definition) is 1. The number of benzene rings is 7. The number of para-hydroxylation sites is 6. The molecule has 0 fully saturated rings. The number of fused-ring (bicyclic) bond motifs is 7. The summed E-state index contributed by atoms with van der Waals surface area (Å²) in [4.78, 5) is 5.17. The molecule has 10 rings (SSSR count). The molecule has 0 amide bonds. The van der Waals surface area contributed by atoms with Crippen molar-refractivity contribution in [3.05, 3.63) is 170 Å². The fourth-order valence-electron chi connectivity index (χ4n) is 7.41. The molecule has 7 aromatic carbocycles. The van der Waals surface area contributed by atoms with Crippen LogP contribution in [0.15, 0.2) is 170 Å². The van der Waals surface area contributed by atoms with Crippen LogP contribution in [0.1, 0.15) is 0 Å². The van der Waals surface area contributed by atoms with Crippen molar-refractivity contribution >= 4 is 54.6 Å². The molecule has 3 heterocycles. The molecule has 0 aliphatic heterocycles. The molecule has 0 aliphatic carbocycles. The van der Waals surface area contributed by atoms with Crippen LogP contribution < -0.4 is 0 Å². The Kier molecular flexibility index (Phi) is 5.54. The Bertz CT molecular complexity index is 2780. The van der Waals surface area contributed by atoms with Crippen molar-refractivity contribution < 1.29 is 0 Å². The average Bonchev–Trinajstić information content (AvgIpc) is 3.79. The highest BCUT2D eigenvalue weighted by Crippen LogP contribution is 2.40. The normalized spacial score (nSPS) is 11.8. The van der Waals surface area contributed by atoms with Gasteiger partial charge in [0.25, 0.3) is 0 Å². The van der Waals surface area contributed by atoms with Gasteiger partial charge in [-0.2, -0.15) is 0 Å². The molecule has 47 heavy (non-hydrogen) atoms. The zero-order chi connectivity index (χ0) is 30.9. The minimum Gasteiger partial charge on any atom is -0.309 e. The summed E-state index contributed by atoms with van der Waals surface area (Å²) in [5, 5.41) is 4.99. The summed E-state index contributed by atoms with van der Waals surface area (Å²) in [6.45, 7) is 0. The minimum absolute atomic E-state index is 0.923. The quantitative estimate of drug-likeness (QED) is 0.197. The largest absolute Gasteiger partial charge is 0.309 e. The first-order valence-electron chi connectivity index (χ1n) is 16.0. The standard InChI is InChI=1S/C43H28N4/c1-3-15-30(16-4-1)45-38-23-10-7-20-33(38)35-27-36-34-21-8-11-24-39(34)46(42(36)28-41(35)45)32-19-13-14-29(26-32)43-44-37-22-9-12-25-40(37)47(43)31-17-5-2-6-18-31/h1-28H. The van der Waals surface area contributed by atoms with E-state index in [1.165, 1.54) is 43.6 Å². The summed E-state index contributed by atoms with van der Waals surface area (Å²) in [5.41, 5.74) is 11.2. The Morgan fingerprint density at radius 2 is 0.830 bits per heavy atom. The lowest BCUT2D eigenvalue weighted by molar-refractivity contribution is 1.10. The Hall–Kier alpha value is -6.39. The second-order valence-corrected chi connectivity index (χ2v) is 12.1. The molecule has 0 atom stereocenters. The van der Waals surface area contributed by atoms with Gasteiger partial charge in [0.15, 0.2) is 0 Å². The molecule has 0 bridgehead atoms. The van der Waals surface area contributed by atoms with Crippen molar-refractivity contribution in [1.82, 2.24) is 18.7 Å². The molecule has 0 unspecified atom stereocenters. The van der Waals surface area contributed by atoms with Crippen molar-refractivity contribution in [3.63, 3.8) is 0 Å². The van der Waals surface area contributed by atoms with Gasteiger partial charge in [-0.15, -0.1) is 0 Å². The lowest BCUT2D eigenvalue weighted by Gasteiger charge is -2.13. The molecule has 3 aromatic heterocycles. The maximum absolute atomic E-state index is 5.17. The highest BCUT2D eigenvalue weighted by molar-refractivity contribution is 6.19. The van der Waals surface area contributed by atoms with Crippen molar-refractivity contribution in [2.75, 3.05) is 0 Å². The van der Waals surface area contributed by atoms with Crippen LogP contribution in [0.25, 0.3) is 83.1 Å². The Morgan fingerprint density at radius 3 is 1.49 bits per heavy atom. The highest BCUT2D eigenvalue weighted by atomic mass is 15.1. The number of aromatic nitrogens is 4. The second-order valence-electron chi connectivity index (χ2n) is 12.1. The van der Waals surface area contributed by atoms with E-state index in [-0.39, 0.29) is 0 Å². The summed E-state index contributed by atoms with van der Waals surface area (Å²) in [5.74, 6) is 0.923. The van der Waals surface area contributed by atoms with Crippen LogP contribution in [0.3, 0.4) is 0 Å². The molecule has 0 saturated heterocycles. The molecule has 0 aliphatic rings. The lowest BCUT2D eigenvalue weighted by atomic mass is 10.1. The summed E-state index contributed by atoms with van der Waals surface area (Å²) in [6.07, 6.45) is 0. The van der Waals surface area contributed by atoms with E-state index < -0.39 is 0 Å². The van der Waals surface area contributed by atoms with Gasteiger partial charge in [0, 0.05) is 44.2 Å². The molecular weight excluding hydrogens is 573 g/mol. The third kappa shape index (κ3) is 3.85. The number of nitrogens with zero attached hydrogens (tertiary/aromatic N) is 4. The van der Waals surface area contributed by atoms with E-state index in [0.29, 0.717) is 0 Å². The van der Waals surface area contributed by atoms with Gasteiger partial charge < -0.3 is 9.13 Å². The van der Waals surface area contributed by atoms with E-state index >= 15 is 0 Å². The Balaban J connectivity index is 1.27. The summed E-state index contributed by atoms with van der Waals surface area (Å²) >= 11 is 0. The zero-order valence-electron chi connectivity index (χ0n) is 25.5. The highest BCUT2D eigenvalue weighted by Gasteiger charge is 2.20. The minimum atomic E-state index is 0.923. The van der Waals surface area contributed by atoms with Gasteiger partial charge in [0.2, 0.25) is 0 Å². The van der Waals surface area contributed by atoms with Gasteiger partial charge in [0.1, 0.15) is 5.82 Å². The SMILES string of the molecule is c1ccc(-n2c(-c3cccc(-n4c5ccccc5c5cc6c7ccccc7n(-c7ccccc7)c6cc54)c3)nc3ccccc32)cc1. The summed E-state index contributed by atoms with van der Waals surface area (Å²) in [6, 6.07) is 60.6. The van der Waals surface area contributed by atoms with Gasteiger partial charge in [-0.1, -0.05) is 97.1 Å². The van der Waals surface area contributed by atoms with Gasteiger partial charge in [-0.05, 0) is 72.8 Å². The summed E-state index contributed by atoms with van der Waals surface area (Å²) in [7, 11) is 0. The monoisotopic (exact) mass is 600 g/mol. The Labute approximate surface area is 271 Å². The number of imidazole rings is 1. The second kappa shape index (κ2) is 10.1. The molecule has 0 spiro atoms. The fraction of sp³-hybridized carbons (Fsp3) is 0. The molecule has 220 valence electrons. The van der Waals surface area contributed by atoms with Crippen molar-refractivity contribution in [3.8, 4) is 28.5 Å². The maximum Gasteiger partial charge on any atom is 0.145 e. The van der Waals surface area contributed by atoms with Crippen LogP contribution in [0, 0.1) is 0 Å². The van der Waals surface area contributed by atoms with E-state index in [2.05, 4.69) is 184 Å². The molecule has 0 saturated carbocycles. The number of rotatable bonds is 4. The number of hydrogen-bond donors (Lipinski definition) is 0. The molecule has 10 aromatic rings. The zero-order valence-corrected chi connectivity index (χ0v) is 25.5. The van der Waals surface area contributed by atoms with E-state index in [0.717, 1.165) is 39.5 Å². The topological polar surface area (TPSA) is 27.7 Å². The first-order valence-corrected chi connectivity index (χ1v) is 16.0. The summed E-state index contributed by atoms with van der Waals surface area (Å²) < 4.78 is 7.07. The van der Waals surface area contributed by atoms with Crippen LogP contribution in [-0.2, 0) is 0 Å². The van der Waals surface area contributed by atoms with Gasteiger partial charge >= 0.3 is 0 Å². The molecule has 4 nitrogen and oxygen atoms in total. The van der Waals surface area contributed by atoms with Crippen LogP contribution in [0.4, 0.5) is 0 Å². The van der Waals surface area contributed by atoms with E-state index in [1.807, 2.05) is 0 Å². The fourth-order valence-corrected chi connectivity index (χ4v) is 7.41. The third-order valence-electron chi connectivity index (χ3n) is 9.42. The molecule has 4 heteroatoms. The molecule has 0 radical (unpaired) electrons. The third-order valence-corrected chi connectivity index (χ3v) is 9.42. The lowest BCUT2D eigenvalue weighted by Crippen LogP contribution is -1.99.